The van der Waals surface area contributed by atoms with E-state index in [9.17, 15) is 0 Å². The van der Waals surface area contributed by atoms with Crippen molar-refractivity contribution in [2.75, 3.05) is 4.90 Å². The van der Waals surface area contributed by atoms with Crippen LogP contribution >= 0.6 is 0 Å². The molecule has 0 atom stereocenters. The average Bonchev–Trinajstić information content (AvgIpc) is 3.94. The fourth-order valence-electron chi connectivity index (χ4n) is 12.2. The topological polar surface area (TPSA) is 3.24 Å². The van der Waals surface area contributed by atoms with E-state index in [-0.39, 0.29) is 10.8 Å². The highest BCUT2D eigenvalue weighted by Gasteiger charge is 2.51. The van der Waals surface area contributed by atoms with Crippen molar-refractivity contribution in [3.63, 3.8) is 0 Å². The Labute approximate surface area is 364 Å². The molecule has 0 heterocycles. The Hall–Kier alpha value is -7.22. The Morgan fingerprint density at radius 3 is 1.21 bits per heavy atom. The normalized spacial score (nSPS) is 15.5. The molecule has 1 heteroatoms. The van der Waals surface area contributed by atoms with Crippen LogP contribution in [0.1, 0.15) is 72.2 Å². The zero-order valence-electron chi connectivity index (χ0n) is 35.5. The molecule has 0 saturated carbocycles. The molecule has 0 fully saturated rings. The van der Waals surface area contributed by atoms with Gasteiger partial charge in [0.05, 0.1) is 5.41 Å². The lowest BCUT2D eigenvalue weighted by Crippen LogP contribution is -2.26. The SMILES string of the molecule is CC1(C)c2ccccc2-c2cc(-c3cccc(N(c4ccc5c(c4)C(C)(C)c4ccccc4-5)c4ccc5c(c4)C4(c6ccccc6-c6ccccc64)c4ccccc4-5)c3)ccc21. The summed E-state index contributed by atoms with van der Waals surface area (Å²) in [6.45, 7) is 9.47. The van der Waals surface area contributed by atoms with E-state index in [4.69, 9.17) is 0 Å². The molecular formula is C61H45N. The first kappa shape index (κ1) is 35.5. The lowest BCUT2D eigenvalue weighted by molar-refractivity contribution is 0.660. The maximum absolute atomic E-state index is 2.52. The van der Waals surface area contributed by atoms with Crippen molar-refractivity contribution in [2.45, 2.75) is 43.9 Å². The van der Waals surface area contributed by atoms with E-state index in [1.807, 2.05) is 0 Å². The summed E-state index contributed by atoms with van der Waals surface area (Å²) in [5, 5.41) is 0. The number of hydrogen-bond donors (Lipinski definition) is 0. The first-order valence-corrected chi connectivity index (χ1v) is 22.1. The highest BCUT2D eigenvalue weighted by atomic mass is 15.1. The van der Waals surface area contributed by atoms with Crippen LogP contribution in [0.4, 0.5) is 17.1 Å². The summed E-state index contributed by atoms with van der Waals surface area (Å²) >= 11 is 0. The predicted molar refractivity (Wildman–Crippen MR) is 258 cm³/mol. The minimum Gasteiger partial charge on any atom is -0.310 e. The molecule has 0 N–H and O–H groups in total. The molecule has 294 valence electrons. The van der Waals surface area contributed by atoms with Crippen molar-refractivity contribution in [1.82, 2.24) is 0 Å². The van der Waals surface area contributed by atoms with Gasteiger partial charge >= 0.3 is 0 Å². The smallest absolute Gasteiger partial charge is 0.0726 e. The molecule has 0 bridgehead atoms. The van der Waals surface area contributed by atoms with E-state index >= 15 is 0 Å². The maximum atomic E-state index is 2.52. The maximum Gasteiger partial charge on any atom is 0.0726 e. The monoisotopic (exact) mass is 791 g/mol. The number of rotatable bonds is 4. The molecule has 0 amide bonds. The third kappa shape index (κ3) is 4.53. The van der Waals surface area contributed by atoms with Gasteiger partial charge in [0.15, 0.2) is 0 Å². The highest BCUT2D eigenvalue weighted by molar-refractivity contribution is 5.97. The van der Waals surface area contributed by atoms with Crippen molar-refractivity contribution in [3.05, 3.63) is 245 Å². The van der Waals surface area contributed by atoms with Gasteiger partial charge in [0.2, 0.25) is 0 Å². The molecule has 9 aromatic carbocycles. The number of hydrogen-bond acceptors (Lipinski definition) is 1. The Bertz CT molecular complexity index is 3310. The molecular weight excluding hydrogens is 747 g/mol. The van der Waals surface area contributed by atoms with Crippen molar-refractivity contribution >= 4 is 17.1 Å². The van der Waals surface area contributed by atoms with Crippen LogP contribution in [0.5, 0.6) is 0 Å². The summed E-state index contributed by atoms with van der Waals surface area (Å²) in [6, 6.07) is 75.9. The summed E-state index contributed by atoms with van der Waals surface area (Å²) in [5.41, 5.74) is 26.8. The number of benzene rings is 9. The average molecular weight is 792 g/mol. The van der Waals surface area contributed by atoms with Crippen LogP contribution in [0.15, 0.2) is 200 Å². The number of fused-ring (bicyclic) bond motifs is 16. The lowest BCUT2D eigenvalue weighted by Gasteiger charge is -2.32. The molecule has 4 aliphatic carbocycles. The molecule has 0 aromatic heterocycles. The number of anilines is 3. The van der Waals surface area contributed by atoms with Gasteiger partial charge in [-0.15, -0.1) is 0 Å². The van der Waals surface area contributed by atoms with Gasteiger partial charge < -0.3 is 4.90 Å². The van der Waals surface area contributed by atoms with Crippen LogP contribution in [0, 0.1) is 0 Å². The quantitative estimate of drug-likeness (QED) is 0.172. The fraction of sp³-hybridized carbons (Fsp3) is 0.115. The predicted octanol–water partition coefficient (Wildman–Crippen LogP) is 15.8. The number of nitrogens with zero attached hydrogens (tertiary/aromatic N) is 1. The fourth-order valence-corrected chi connectivity index (χ4v) is 12.2. The van der Waals surface area contributed by atoms with Crippen molar-refractivity contribution in [3.8, 4) is 55.6 Å². The van der Waals surface area contributed by atoms with Gasteiger partial charge in [0.25, 0.3) is 0 Å². The van der Waals surface area contributed by atoms with Gasteiger partial charge in [0, 0.05) is 27.9 Å². The van der Waals surface area contributed by atoms with Crippen LogP contribution < -0.4 is 4.90 Å². The van der Waals surface area contributed by atoms with Gasteiger partial charge in [0.1, 0.15) is 0 Å². The highest BCUT2D eigenvalue weighted by Crippen LogP contribution is 2.63. The van der Waals surface area contributed by atoms with E-state index < -0.39 is 5.41 Å². The van der Waals surface area contributed by atoms with Crippen molar-refractivity contribution < 1.29 is 0 Å². The van der Waals surface area contributed by atoms with Gasteiger partial charge in [-0.1, -0.05) is 185 Å². The Morgan fingerprint density at radius 1 is 0.258 bits per heavy atom. The van der Waals surface area contributed by atoms with E-state index in [1.165, 1.54) is 100 Å². The van der Waals surface area contributed by atoms with Crippen molar-refractivity contribution in [2.24, 2.45) is 0 Å². The second-order valence-corrected chi connectivity index (χ2v) is 18.8. The van der Waals surface area contributed by atoms with Gasteiger partial charge in [-0.25, -0.2) is 0 Å². The van der Waals surface area contributed by atoms with Crippen LogP contribution in [-0.2, 0) is 16.2 Å². The largest absolute Gasteiger partial charge is 0.310 e. The molecule has 0 radical (unpaired) electrons. The molecule has 1 nitrogen and oxygen atoms in total. The Kier molecular flexibility index (Phi) is 7.12. The first-order valence-electron chi connectivity index (χ1n) is 22.1. The van der Waals surface area contributed by atoms with E-state index in [0.29, 0.717) is 0 Å². The van der Waals surface area contributed by atoms with E-state index in [0.717, 1.165) is 17.1 Å². The molecule has 1 spiro atoms. The van der Waals surface area contributed by atoms with Gasteiger partial charge in [-0.3, -0.25) is 0 Å². The first-order chi connectivity index (χ1) is 30.3. The molecule has 0 aliphatic heterocycles. The summed E-state index contributed by atoms with van der Waals surface area (Å²) in [5.74, 6) is 0. The Morgan fingerprint density at radius 2 is 0.645 bits per heavy atom. The summed E-state index contributed by atoms with van der Waals surface area (Å²) in [6.07, 6.45) is 0. The minimum atomic E-state index is -0.432. The molecule has 9 aromatic rings. The summed E-state index contributed by atoms with van der Waals surface area (Å²) in [4.78, 5) is 2.51. The van der Waals surface area contributed by atoms with Gasteiger partial charge in [-0.05, 0) is 143 Å². The molecule has 0 saturated heterocycles. The summed E-state index contributed by atoms with van der Waals surface area (Å²) in [7, 11) is 0. The van der Waals surface area contributed by atoms with Crippen LogP contribution in [0.2, 0.25) is 0 Å². The molecule has 62 heavy (non-hydrogen) atoms. The Balaban J connectivity index is 1.03. The second-order valence-electron chi connectivity index (χ2n) is 18.8. The zero-order valence-corrected chi connectivity index (χ0v) is 35.5. The van der Waals surface area contributed by atoms with E-state index in [2.05, 4.69) is 233 Å². The standard InChI is InChI=1S/C61H45N/c1-59(2)52-24-11-6-22-47(52)50-35-39(28-33-53(50)59)38-16-15-17-40(34-38)62(41-29-31-48-43-18-5-10-23-51(43)60(3,4)57(48)36-41)42-30-32-49-46-21-9-14-27-56(46)61(58(49)37-42)54-25-12-7-19-44(54)45-20-8-13-26-55(45)61/h5-37H,1-4H3. The molecule has 0 unspecified atom stereocenters. The van der Waals surface area contributed by atoms with E-state index in [1.54, 1.807) is 0 Å². The van der Waals surface area contributed by atoms with Crippen LogP contribution in [0.3, 0.4) is 0 Å². The third-order valence-electron chi connectivity index (χ3n) is 15.1. The summed E-state index contributed by atoms with van der Waals surface area (Å²) < 4.78 is 0. The lowest BCUT2D eigenvalue weighted by atomic mass is 9.70. The molecule has 4 aliphatic rings. The van der Waals surface area contributed by atoms with Crippen LogP contribution in [-0.4, -0.2) is 0 Å². The van der Waals surface area contributed by atoms with Crippen LogP contribution in [0.25, 0.3) is 55.6 Å². The third-order valence-corrected chi connectivity index (χ3v) is 15.1. The second kappa shape index (κ2) is 12.4. The van der Waals surface area contributed by atoms with Gasteiger partial charge in [-0.2, -0.15) is 0 Å². The zero-order chi connectivity index (χ0) is 41.5. The molecule has 13 rings (SSSR count). The minimum absolute atomic E-state index is 0.0327. The van der Waals surface area contributed by atoms with Crippen molar-refractivity contribution in [1.29, 1.82) is 0 Å².